The van der Waals surface area contributed by atoms with Gasteiger partial charge in [-0.1, -0.05) is 24.3 Å². The fraction of sp³-hybridized carbons (Fsp3) is 0.364. The zero-order chi connectivity index (χ0) is 20.4. The Bertz CT molecular complexity index is 897. The summed E-state index contributed by atoms with van der Waals surface area (Å²) in [7, 11) is 0. The van der Waals surface area contributed by atoms with Crippen molar-refractivity contribution in [2.24, 2.45) is 5.92 Å². The number of hydrogen-bond donors (Lipinski definition) is 1. The van der Waals surface area contributed by atoms with E-state index in [-0.39, 0.29) is 12.6 Å². The summed E-state index contributed by atoms with van der Waals surface area (Å²) in [5.41, 5.74) is 0.735. The molecule has 1 N–H and O–H groups in total. The molecule has 0 aromatic heterocycles. The number of anilines is 1. The predicted molar refractivity (Wildman–Crippen MR) is 105 cm³/mol. The first-order chi connectivity index (χ1) is 14.0. The van der Waals surface area contributed by atoms with Crippen LogP contribution in [0.4, 0.5) is 14.9 Å². The lowest BCUT2D eigenvalue weighted by Crippen LogP contribution is -2.53. The quantitative estimate of drug-likeness (QED) is 0.831. The summed E-state index contributed by atoms with van der Waals surface area (Å²) in [6.07, 6.45) is 1.45. The lowest BCUT2D eigenvalue weighted by molar-refractivity contribution is -0.0311. The van der Waals surface area contributed by atoms with E-state index in [0.717, 1.165) is 38.5 Å². The van der Waals surface area contributed by atoms with Gasteiger partial charge in [-0.15, -0.1) is 0 Å². The van der Waals surface area contributed by atoms with Crippen LogP contribution in [0.1, 0.15) is 28.8 Å². The summed E-state index contributed by atoms with van der Waals surface area (Å²) in [5, 5.41) is 9.01. The van der Waals surface area contributed by atoms with Gasteiger partial charge >= 0.3 is 12.1 Å². The third-order valence-corrected chi connectivity index (χ3v) is 5.74. The highest BCUT2D eigenvalue weighted by Crippen LogP contribution is 2.30. The Morgan fingerprint density at radius 2 is 1.86 bits per heavy atom. The second-order valence-corrected chi connectivity index (χ2v) is 7.60. The number of carboxylic acids is 1. The number of carbonyl (C=O) groups is 2. The first-order valence-electron chi connectivity index (χ1n) is 9.78. The van der Waals surface area contributed by atoms with E-state index >= 15 is 0 Å². The number of fused-ring (bicyclic) bond motifs is 3. The van der Waals surface area contributed by atoms with Gasteiger partial charge in [0.25, 0.3) is 0 Å². The molecule has 3 aliphatic rings. The fourth-order valence-electron chi connectivity index (χ4n) is 4.12. The Morgan fingerprint density at radius 3 is 2.45 bits per heavy atom. The number of piperidine rings is 3. The Balaban J connectivity index is 1.55. The average Bonchev–Trinajstić information content (AvgIpc) is 2.73. The van der Waals surface area contributed by atoms with Gasteiger partial charge in [-0.2, -0.15) is 0 Å². The average molecular weight is 398 g/mol. The number of aromatic carboxylic acids is 1. The van der Waals surface area contributed by atoms with E-state index in [4.69, 9.17) is 9.84 Å². The molecule has 3 saturated heterocycles. The maximum atomic E-state index is 14.1. The summed E-state index contributed by atoms with van der Waals surface area (Å²) in [6.45, 7) is 2.94. The van der Waals surface area contributed by atoms with Crippen molar-refractivity contribution in [3.05, 3.63) is 65.5 Å². The van der Waals surface area contributed by atoms with Crippen molar-refractivity contribution in [3.8, 4) is 0 Å². The smallest absolute Gasteiger partial charge is 0.414 e. The van der Waals surface area contributed by atoms with Gasteiger partial charge in [0.15, 0.2) is 0 Å². The molecule has 3 aliphatic heterocycles. The highest BCUT2D eigenvalue weighted by Gasteiger charge is 2.37. The van der Waals surface area contributed by atoms with Crippen LogP contribution in [0.5, 0.6) is 0 Å². The maximum Gasteiger partial charge on any atom is 0.414 e. The predicted octanol–water partition coefficient (Wildman–Crippen LogP) is 3.76. The van der Waals surface area contributed by atoms with Gasteiger partial charge in [-0.25, -0.2) is 14.0 Å². The number of carbonyl (C=O) groups excluding carboxylic acids is 1. The molecule has 2 aromatic rings. The second-order valence-electron chi connectivity index (χ2n) is 7.60. The fourth-order valence-corrected chi connectivity index (χ4v) is 4.12. The molecule has 1 amide bonds. The van der Waals surface area contributed by atoms with Crippen LogP contribution in [0.15, 0.2) is 48.5 Å². The molecule has 6 nitrogen and oxygen atoms in total. The minimum Gasteiger partial charge on any atom is -0.478 e. The first-order valence-corrected chi connectivity index (χ1v) is 9.78. The lowest BCUT2D eigenvalue weighted by Gasteiger charge is -2.44. The van der Waals surface area contributed by atoms with Crippen molar-refractivity contribution in [2.75, 3.05) is 24.5 Å². The van der Waals surface area contributed by atoms with E-state index in [9.17, 15) is 14.0 Å². The summed E-state index contributed by atoms with van der Waals surface area (Å²) in [5.74, 6) is -1.77. The van der Waals surface area contributed by atoms with Crippen molar-refractivity contribution in [3.63, 3.8) is 0 Å². The van der Waals surface area contributed by atoms with Crippen LogP contribution in [-0.4, -0.2) is 47.8 Å². The Labute approximate surface area is 168 Å². The van der Waals surface area contributed by atoms with Crippen LogP contribution < -0.4 is 4.90 Å². The van der Waals surface area contributed by atoms with Gasteiger partial charge in [0.1, 0.15) is 11.9 Å². The van der Waals surface area contributed by atoms with Crippen LogP contribution in [0.3, 0.4) is 0 Å². The highest BCUT2D eigenvalue weighted by molar-refractivity contribution is 5.89. The van der Waals surface area contributed by atoms with Crippen LogP contribution >= 0.6 is 0 Å². The Morgan fingerprint density at radius 1 is 1.14 bits per heavy atom. The highest BCUT2D eigenvalue weighted by atomic mass is 19.1. The Hall–Kier alpha value is -2.93. The van der Waals surface area contributed by atoms with E-state index in [0.29, 0.717) is 17.2 Å². The maximum absolute atomic E-state index is 14.1. The molecular weight excluding hydrogens is 375 g/mol. The van der Waals surface area contributed by atoms with E-state index in [1.54, 1.807) is 12.1 Å². The zero-order valence-corrected chi connectivity index (χ0v) is 16.0. The van der Waals surface area contributed by atoms with Crippen molar-refractivity contribution in [1.82, 2.24) is 4.90 Å². The molecule has 0 radical (unpaired) electrons. The van der Waals surface area contributed by atoms with E-state index in [1.165, 1.54) is 17.0 Å². The zero-order valence-electron chi connectivity index (χ0n) is 16.0. The van der Waals surface area contributed by atoms with Crippen LogP contribution in [-0.2, 0) is 11.3 Å². The summed E-state index contributed by atoms with van der Waals surface area (Å²) < 4.78 is 20.0. The largest absolute Gasteiger partial charge is 0.478 e. The number of rotatable bonds is 5. The van der Waals surface area contributed by atoms with Gasteiger partial charge in [-0.3, -0.25) is 9.80 Å². The third kappa shape index (κ3) is 4.24. The van der Waals surface area contributed by atoms with Crippen molar-refractivity contribution in [1.29, 1.82) is 0 Å². The minimum atomic E-state index is -1.32. The van der Waals surface area contributed by atoms with Crippen LogP contribution in [0.25, 0.3) is 0 Å². The molecule has 2 bridgehead atoms. The van der Waals surface area contributed by atoms with Gasteiger partial charge in [0.2, 0.25) is 0 Å². The van der Waals surface area contributed by atoms with Gasteiger partial charge in [0.05, 0.1) is 12.1 Å². The number of benzene rings is 2. The number of nitrogens with zero attached hydrogens (tertiary/aromatic N) is 2. The number of ether oxygens (including phenoxy) is 1. The normalized spacial score (nSPS) is 22.9. The number of carboxylic acid groups (broad SMARTS) is 1. The van der Waals surface area contributed by atoms with Crippen LogP contribution in [0.2, 0.25) is 0 Å². The molecule has 0 unspecified atom stereocenters. The topological polar surface area (TPSA) is 70.1 Å². The molecule has 5 rings (SSSR count). The minimum absolute atomic E-state index is 0.0841. The van der Waals surface area contributed by atoms with E-state index in [1.807, 2.05) is 18.2 Å². The molecule has 3 fully saturated rings. The van der Waals surface area contributed by atoms with Crippen LogP contribution in [0, 0.1) is 11.7 Å². The van der Waals surface area contributed by atoms with Crippen molar-refractivity contribution in [2.45, 2.75) is 25.5 Å². The molecule has 152 valence electrons. The SMILES string of the molecule is O=C(O)c1ccc(CN(C(=O)O[C@H]2CN3CCC2CC3)c2ccccc2)cc1F. The monoisotopic (exact) mass is 398 g/mol. The molecule has 0 saturated carbocycles. The van der Waals surface area contributed by atoms with Gasteiger partial charge in [0, 0.05) is 12.2 Å². The van der Waals surface area contributed by atoms with Crippen molar-refractivity contribution >= 4 is 17.7 Å². The van der Waals surface area contributed by atoms with Gasteiger partial charge in [-0.05, 0) is 61.7 Å². The molecule has 2 aromatic carbocycles. The number of para-hydroxylation sites is 1. The second kappa shape index (κ2) is 8.21. The number of hydrogen-bond acceptors (Lipinski definition) is 4. The molecule has 0 spiro atoms. The first kappa shape index (κ1) is 19.4. The molecular formula is C22H23FN2O4. The molecule has 7 heteroatoms. The van der Waals surface area contributed by atoms with E-state index in [2.05, 4.69) is 4.90 Å². The lowest BCUT2D eigenvalue weighted by atomic mass is 9.86. The molecule has 29 heavy (non-hydrogen) atoms. The molecule has 1 atom stereocenters. The third-order valence-electron chi connectivity index (χ3n) is 5.74. The Kier molecular flexibility index (Phi) is 5.49. The number of halogens is 1. The van der Waals surface area contributed by atoms with E-state index < -0.39 is 23.4 Å². The van der Waals surface area contributed by atoms with Gasteiger partial charge < -0.3 is 9.84 Å². The standard InChI is InChI=1S/C22H23FN2O4/c23-19-12-15(6-7-18(19)21(26)27)13-25(17-4-2-1-3-5-17)22(28)29-20-14-24-10-8-16(20)9-11-24/h1-7,12,16,20H,8-11,13-14H2,(H,26,27)/t20-/m0/s1. The van der Waals surface area contributed by atoms with Crippen molar-refractivity contribution < 1.29 is 23.8 Å². The number of amides is 1. The summed E-state index contributed by atoms with van der Waals surface area (Å²) in [6, 6.07) is 13.0. The molecule has 0 aliphatic carbocycles. The summed E-state index contributed by atoms with van der Waals surface area (Å²) in [4.78, 5) is 27.9. The molecule has 3 heterocycles. The summed E-state index contributed by atoms with van der Waals surface area (Å²) >= 11 is 0.